The van der Waals surface area contributed by atoms with Crippen LogP contribution in [0.4, 0.5) is 0 Å². The van der Waals surface area contributed by atoms with Crippen molar-refractivity contribution in [3.8, 4) is 0 Å². The summed E-state index contributed by atoms with van der Waals surface area (Å²) in [7, 11) is 1.29. The summed E-state index contributed by atoms with van der Waals surface area (Å²) in [4.78, 5) is 32.8. The van der Waals surface area contributed by atoms with Crippen LogP contribution in [0.5, 0.6) is 0 Å². The van der Waals surface area contributed by atoms with Gasteiger partial charge in [-0.05, 0) is 27.7 Å². The third-order valence-corrected chi connectivity index (χ3v) is 4.34. The quantitative estimate of drug-likeness (QED) is 0.448. The molecule has 0 spiro atoms. The van der Waals surface area contributed by atoms with E-state index in [9.17, 15) is 9.59 Å². The normalized spacial score (nSPS) is 11.6. The topological polar surface area (TPSA) is 81.2 Å². The van der Waals surface area contributed by atoms with E-state index in [4.69, 9.17) is 4.74 Å². The van der Waals surface area contributed by atoms with Crippen molar-refractivity contribution in [1.82, 2.24) is 15.3 Å². The average Bonchev–Trinajstić information content (AvgIpc) is 2.61. The predicted octanol–water partition coefficient (Wildman–Crippen LogP) is 2.48. The first-order valence-corrected chi connectivity index (χ1v) is 9.06. The summed E-state index contributed by atoms with van der Waals surface area (Å²) >= 11 is 4.59. The highest BCUT2D eigenvalue weighted by Gasteiger charge is 2.24. The first-order valence-electron chi connectivity index (χ1n) is 7.04. The Balaban J connectivity index is 2.20. The number of nitrogens with zero attached hydrogens (tertiary/aromatic N) is 2. The third kappa shape index (κ3) is 4.78. The van der Waals surface area contributed by atoms with E-state index in [-0.39, 0.29) is 5.69 Å². The predicted molar refractivity (Wildman–Crippen MR) is 94.9 cm³/mol. The molecule has 0 aliphatic heterocycles. The van der Waals surface area contributed by atoms with Gasteiger partial charge in [0.1, 0.15) is 11.7 Å². The van der Waals surface area contributed by atoms with Gasteiger partial charge in [0.15, 0.2) is 5.16 Å². The summed E-state index contributed by atoms with van der Waals surface area (Å²) < 4.78 is 5.25. The molecule has 1 unspecified atom stereocenters. The molecule has 1 N–H and O–H groups in total. The molecule has 0 bridgehead atoms. The summed E-state index contributed by atoms with van der Waals surface area (Å²) in [5.74, 6) is -0.978. The van der Waals surface area contributed by atoms with Crippen LogP contribution in [-0.2, 0) is 16.0 Å². The second-order valence-corrected chi connectivity index (χ2v) is 6.42. The van der Waals surface area contributed by atoms with Gasteiger partial charge in [-0.25, -0.2) is 14.8 Å². The lowest BCUT2D eigenvalue weighted by Crippen LogP contribution is -2.43. The average molecular weight is 410 g/mol. The second kappa shape index (κ2) is 8.79. The van der Waals surface area contributed by atoms with E-state index < -0.39 is 17.9 Å². The van der Waals surface area contributed by atoms with E-state index in [0.29, 0.717) is 16.0 Å². The number of ether oxygens (including phenoxy) is 1. The molecule has 0 saturated heterocycles. The summed E-state index contributed by atoms with van der Waals surface area (Å²) in [6.45, 7) is 0. The molecule has 1 heterocycles. The molecule has 1 aromatic heterocycles. The fourth-order valence-corrected chi connectivity index (χ4v) is 2.73. The van der Waals surface area contributed by atoms with E-state index in [1.807, 2.05) is 36.6 Å². The Kier molecular flexibility index (Phi) is 6.74. The van der Waals surface area contributed by atoms with Crippen molar-refractivity contribution < 1.29 is 14.3 Å². The number of nitrogens with one attached hydrogen (secondary N) is 1. The van der Waals surface area contributed by atoms with Gasteiger partial charge in [-0.15, -0.1) is 0 Å². The monoisotopic (exact) mass is 409 g/mol. The van der Waals surface area contributed by atoms with Crippen molar-refractivity contribution in [2.24, 2.45) is 0 Å². The molecule has 126 valence electrons. The van der Waals surface area contributed by atoms with Crippen molar-refractivity contribution in [3.63, 3.8) is 0 Å². The van der Waals surface area contributed by atoms with E-state index in [2.05, 4.69) is 31.2 Å². The lowest BCUT2D eigenvalue weighted by molar-refractivity contribution is -0.142. The minimum atomic E-state index is -0.801. The molecule has 6 nitrogen and oxygen atoms in total. The van der Waals surface area contributed by atoms with E-state index >= 15 is 0 Å². The van der Waals surface area contributed by atoms with Crippen molar-refractivity contribution in [2.75, 3.05) is 13.4 Å². The molecule has 1 amide bonds. The van der Waals surface area contributed by atoms with Gasteiger partial charge in [0.2, 0.25) is 0 Å². The number of aromatic nitrogens is 2. The van der Waals surface area contributed by atoms with Crippen LogP contribution in [-0.4, -0.2) is 41.3 Å². The van der Waals surface area contributed by atoms with Crippen LogP contribution in [0, 0.1) is 0 Å². The van der Waals surface area contributed by atoms with Crippen LogP contribution in [0.3, 0.4) is 0 Å². The highest BCUT2D eigenvalue weighted by molar-refractivity contribution is 9.10. The summed E-state index contributed by atoms with van der Waals surface area (Å²) in [5, 5.41) is 3.15. The van der Waals surface area contributed by atoms with Gasteiger partial charge in [-0.1, -0.05) is 42.1 Å². The number of rotatable bonds is 6. The van der Waals surface area contributed by atoms with Gasteiger partial charge in [0.25, 0.3) is 5.91 Å². The molecule has 0 fully saturated rings. The Labute approximate surface area is 152 Å². The van der Waals surface area contributed by atoms with Gasteiger partial charge in [0.05, 0.1) is 11.6 Å². The maximum absolute atomic E-state index is 12.5. The summed E-state index contributed by atoms with van der Waals surface area (Å²) in [5.41, 5.74) is 1.09. The molecule has 2 rings (SSSR count). The Hall–Kier alpha value is -1.93. The van der Waals surface area contributed by atoms with E-state index in [1.54, 1.807) is 0 Å². The van der Waals surface area contributed by atoms with Gasteiger partial charge in [0, 0.05) is 12.6 Å². The molecule has 1 aromatic carbocycles. The van der Waals surface area contributed by atoms with Crippen LogP contribution in [0.2, 0.25) is 0 Å². The van der Waals surface area contributed by atoms with Gasteiger partial charge < -0.3 is 10.1 Å². The van der Waals surface area contributed by atoms with Crippen LogP contribution >= 0.6 is 27.7 Å². The number of esters is 1. The highest BCUT2D eigenvalue weighted by Crippen LogP contribution is 2.17. The Bertz CT molecular complexity index is 728. The molecular weight excluding hydrogens is 394 g/mol. The standard InChI is InChI=1S/C16H16BrN3O3S/c1-23-15(22)12(8-10-6-4-3-5-7-10)19-14(21)13-11(17)9-18-16(20-13)24-2/h3-7,9,12H,8H2,1-2H3,(H,19,21). The van der Waals surface area contributed by atoms with E-state index in [1.165, 1.54) is 25.1 Å². The number of carbonyl (C=O) groups excluding carboxylic acids is 2. The maximum Gasteiger partial charge on any atom is 0.328 e. The minimum Gasteiger partial charge on any atom is -0.467 e. The van der Waals surface area contributed by atoms with Crippen molar-refractivity contribution in [1.29, 1.82) is 0 Å². The number of halogens is 1. The molecule has 0 aliphatic rings. The smallest absolute Gasteiger partial charge is 0.328 e. The second-order valence-electron chi connectivity index (χ2n) is 4.79. The van der Waals surface area contributed by atoms with E-state index in [0.717, 1.165) is 5.56 Å². The molecule has 8 heteroatoms. The number of carbonyl (C=O) groups is 2. The number of thioether (sulfide) groups is 1. The van der Waals surface area contributed by atoms with Crippen molar-refractivity contribution in [3.05, 3.63) is 52.3 Å². The molecule has 1 atom stereocenters. The van der Waals surface area contributed by atoms with Crippen LogP contribution in [0.1, 0.15) is 16.1 Å². The number of benzene rings is 1. The van der Waals surface area contributed by atoms with Gasteiger partial charge in [-0.2, -0.15) is 0 Å². The molecular formula is C16H16BrN3O3S. The fourth-order valence-electron chi connectivity index (χ4n) is 2.02. The summed E-state index contributed by atoms with van der Waals surface area (Å²) in [6.07, 6.45) is 3.66. The lowest BCUT2D eigenvalue weighted by atomic mass is 10.1. The number of hydrogen-bond acceptors (Lipinski definition) is 6. The zero-order valence-corrected chi connectivity index (χ0v) is 15.6. The van der Waals surface area contributed by atoms with Crippen molar-refractivity contribution >= 4 is 39.6 Å². The number of amides is 1. The van der Waals surface area contributed by atoms with Crippen molar-refractivity contribution in [2.45, 2.75) is 17.6 Å². The van der Waals surface area contributed by atoms with Gasteiger partial charge >= 0.3 is 5.97 Å². The van der Waals surface area contributed by atoms with Crippen LogP contribution in [0.15, 0.2) is 46.2 Å². The first-order chi connectivity index (χ1) is 11.5. The SMILES string of the molecule is COC(=O)C(Cc1ccccc1)NC(=O)c1nc(SC)ncc1Br. The first kappa shape index (κ1) is 18.4. The molecule has 24 heavy (non-hydrogen) atoms. The number of hydrogen-bond donors (Lipinski definition) is 1. The lowest BCUT2D eigenvalue weighted by Gasteiger charge is -2.17. The molecule has 0 aliphatic carbocycles. The zero-order valence-electron chi connectivity index (χ0n) is 13.2. The molecule has 2 aromatic rings. The van der Waals surface area contributed by atoms with Crippen LogP contribution in [0.25, 0.3) is 0 Å². The largest absolute Gasteiger partial charge is 0.467 e. The number of methoxy groups -OCH3 is 1. The Morgan fingerprint density at radius 1 is 1.33 bits per heavy atom. The Morgan fingerprint density at radius 3 is 2.67 bits per heavy atom. The molecule has 0 radical (unpaired) electrons. The zero-order chi connectivity index (χ0) is 17.5. The van der Waals surface area contributed by atoms with Crippen LogP contribution < -0.4 is 5.32 Å². The third-order valence-electron chi connectivity index (χ3n) is 3.19. The highest BCUT2D eigenvalue weighted by atomic mass is 79.9. The Morgan fingerprint density at radius 2 is 2.04 bits per heavy atom. The molecule has 0 saturated carbocycles. The fraction of sp³-hybridized carbons (Fsp3) is 0.250. The van der Waals surface area contributed by atoms with Gasteiger partial charge in [-0.3, -0.25) is 4.79 Å². The minimum absolute atomic E-state index is 0.177. The summed E-state index contributed by atoms with van der Waals surface area (Å²) in [6, 6.07) is 8.60. The maximum atomic E-state index is 12.5.